The van der Waals surface area contributed by atoms with Crippen LogP contribution in [0.1, 0.15) is 19.8 Å². The Kier molecular flexibility index (Phi) is 5.99. The fraction of sp³-hybridized carbons (Fsp3) is 0.533. The van der Waals surface area contributed by atoms with Crippen molar-refractivity contribution in [2.75, 3.05) is 25.0 Å². The van der Waals surface area contributed by atoms with Crippen molar-refractivity contribution in [3.05, 3.63) is 24.3 Å². The topological polar surface area (TPSA) is 33.5 Å². The van der Waals surface area contributed by atoms with E-state index in [9.17, 15) is 13.6 Å². The van der Waals surface area contributed by atoms with Gasteiger partial charge in [-0.05, 0) is 37.1 Å². The van der Waals surface area contributed by atoms with E-state index in [1.165, 1.54) is 17.7 Å². The number of hydrogen-bond acceptors (Lipinski definition) is 2. The smallest absolute Gasteiger partial charge is 0.288 e. The molecule has 116 valence electrons. The number of benzene rings is 1. The van der Waals surface area contributed by atoms with E-state index in [1.807, 2.05) is 0 Å². The minimum atomic E-state index is -2.42. The molecule has 2 N–H and O–H groups in total. The zero-order chi connectivity index (χ0) is 15.2. The third-order valence-corrected chi connectivity index (χ3v) is 4.36. The maximum atomic E-state index is 12.2. The van der Waals surface area contributed by atoms with Crippen LogP contribution in [0.25, 0.3) is 0 Å². The number of nitrogens with one attached hydrogen (secondary N) is 2. The second kappa shape index (κ2) is 7.75. The summed E-state index contributed by atoms with van der Waals surface area (Å²) in [4.78, 5) is 13.8. The van der Waals surface area contributed by atoms with Gasteiger partial charge in [0.15, 0.2) is 6.54 Å². The van der Waals surface area contributed by atoms with Gasteiger partial charge in [-0.3, -0.25) is 4.79 Å². The van der Waals surface area contributed by atoms with Crippen molar-refractivity contribution in [1.82, 2.24) is 0 Å². The van der Waals surface area contributed by atoms with Crippen LogP contribution in [0.3, 0.4) is 0 Å². The van der Waals surface area contributed by atoms with E-state index in [1.54, 1.807) is 24.3 Å². The van der Waals surface area contributed by atoms with Gasteiger partial charge in [0.2, 0.25) is 0 Å². The Balaban J connectivity index is 1.82. The highest BCUT2D eigenvalue weighted by atomic mass is 32.2. The third kappa shape index (κ3) is 5.63. The average Bonchev–Trinajstić information content (AvgIpc) is 2.40. The van der Waals surface area contributed by atoms with Crippen LogP contribution in [0.2, 0.25) is 0 Å². The average molecular weight is 315 g/mol. The predicted molar refractivity (Wildman–Crippen MR) is 80.9 cm³/mol. The van der Waals surface area contributed by atoms with Crippen molar-refractivity contribution >= 4 is 23.4 Å². The fourth-order valence-corrected chi connectivity index (χ4v) is 3.21. The van der Waals surface area contributed by atoms with Gasteiger partial charge in [-0.15, -0.1) is 0 Å². The van der Waals surface area contributed by atoms with Crippen LogP contribution in [0.5, 0.6) is 0 Å². The lowest BCUT2D eigenvalue weighted by molar-refractivity contribution is -0.900. The van der Waals surface area contributed by atoms with Crippen LogP contribution in [0, 0.1) is 5.92 Å². The Morgan fingerprint density at radius 2 is 2.14 bits per heavy atom. The summed E-state index contributed by atoms with van der Waals surface area (Å²) < 4.78 is 24.4. The van der Waals surface area contributed by atoms with Crippen LogP contribution in [0.15, 0.2) is 29.2 Å². The molecule has 1 aliphatic rings. The van der Waals surface area contributed by atoms with Crippen molar-refractivity contribution in [1.29, 1.82) is 0 Å². The van der Waals surface area contributed by atoms with Gasteiger partial charge in [-0.1, -0.05) is 18.7 Å². The van der Waals surface area contributed by atoms with E-state index in [4.69, 9.17) is 0 Å². The second-order valence-electron chi connectivity index (χ2n) is 5.58. The quantitative estimate of drug-likeness (QED) is 0.817. The van der Waals surface area contributed by atoms with E-state index in [0.29, 0.717) is 34.8 Å². The Morgan fingerprint density at radius 3 is 2.76 bits per heavy atom. The summed E-state index contributed by atoms with van der Waals surface area (Å²) in [5, 5.41) is 2.83. The Morgan fingerprint density at radius 1 is 1.43 bits per heavy atom. The SMILES string of the molecule is C[C@H]1CCC[NH+](CC(=O)Nc2ccc(SC(F)F)cc2)C1. The molecule has 0 saturated carbocycles. The number of carbonyl (C=O) groups excluding carboxylic acids is 1. The summed E-state index contributed by atoms with van der Waals surface area (Å²) >= 11 is 0.505. The van der Waals surface area contributed by atoms with Crippen molar-refractivity contribution in [2.24, 2.45) is 5.92 Å². The fourth-order valence-electron chi connectivity index (χ4n) is 2.71. The van der Waals surface area contributed by atoms with Gasteiger partial charge in [0, 0.05) is 16.5 Å². The number of piperidine rings is 1. The molecule has 3 nitrogen and oxygen atoms in total. The molecule has 1 fully saturated rings. The van der Waals surface area contributed by atoms with Gasteiger partial charge >= 0.3 is 0 Å². The van der Waals surface area contributed by atoms with Crippen molar-refractivity contribution in [3.8, 4) is 0 Å². The number of carbonyl (C=O) groups is 1. The molecule has 0 aliphatic carbocycles. The van der Waals surface area contributed by atoms with Crippen LogP contribution in [-0.2, 0) is 4.79 Å². The number of rotatable bonds is 5. The van der Waals surface area contributed by atoms with Gasteiger partial charge in [-0.25, -0.2) is 0 Å². The number of thioether (sulfide) groups is 1. The van der Waals surface area contributed by atoms with Gasteiger partial charge in [-0.2, -0.15) is 8.78 Å². The molecule has 0 bridgehead atoms. The molecule has 2 rings (SSSR count). The summed E-state index contributed by atoms with van der Waals surface area (Å²) in [7, 11) is 0. The van der Waals surface area contributed by atoms with Crippen molar-refractivity contribution in [3.63, 3.8) is 0 Å². The van der Waals surface area contributed by atoms with Gasteiger partial charge in [0.1, 0.15) is 0 Å². The number of anilines is 1. The lowest BCUT2D eigenvalue weighted by Gasteiger charge is -2.27. The highest BCUT2D eigenvalue weighted by Gasteiger charge is 2.21. The highest BCUT2D eigenvalue weighted by Crippen LogP contribution is 2.26. The Hall–Kier alpha value is -1.14. The first-order chi connectivity index (χ1) is 10.0. The molecular formula is C15H21F2N2OS+. The van der Waals surface area contributed by atoms with E-state index in [-0.39, 0.29) is 5.91 Å². The number of likely N-dealkylation sites (tertiary alicyclic amines) is 1. The standard InChI is InChI=1S/C15H20F2N2OS/c1-11-3-2-8-19(9-11)10-14(20)18-12-4-6-13(7-5-12)21-15(16)17/h4-7,11,15H,2-3,8-10H2,1H3,(H,18,20)/p+1/t11-/m0/s1. The molecule has 1 aromatic rings. The van der Waals surface area contributed by atoms with Crippen molar-refractivity contribution < 1.29 is 18.5 Å². The predicted octanol–water partition coefficient (Wildman–Crippen LogP) is 2.25. The van der Waals surface area contributed by atoms with Gasteiger partial charge < -0.3 is 10.2 Å². The molecule has 0 aromatic heterocycles. The van der Waals surface area contributed by atoms with Crippen molar-refractivity contribution in [2.45, 2.75) is 30.4 Å². The maximum Gasteiger partial charge on any atom is 0.288 e. The van der Waals surface area contributed by atoms with Crippen LogP contribution in [-0.4, -0.2) is 31.3 Å². The van der Waals surface area contributed by atoms with E-state index in [0.717, 1.165) is 13.1 Å². The number of quaternary nitrogens is 1. The molecule has 1 saturated heterocycles. The Bertz CT molecular complexity index is 467. The first-order valence-electron chi connectivity index (χ1n) is 7.21. The van der Waals surface area contributed by atoms with Crippen LogP contribution < -0.4 is 10.2 Å². The molecule has 1 unspecified atom stereocenters. The summed E-state index contributed by atoms with van der Waals surface area (Å²) in [6.07, 6.45) is 2.41. The first-order valence-corrected chi connectivity index (χ1v) is 8.09. The zero-order valence-corrected chi connectivity index (χ0v) is 12.9. The summed E-state index contributed by atoms with van der Waals surface area (Å²) in [5.41, 5.74) is 0.656. The molecule has 6 heteroatoms. The number of halogens is 2. The van der Waals surface area contributed by atoms with E-state index in [2.05, 4.69) is 12.2 Å². The Labute approximate surface area is 128 Å². The molecule has 21 heavy (non-hydrogen) atoms. The zero-order valence-electron chi connectivity index (χ0n) is 12.1. The minimum absolute atomic E-state index is 0.0200. The van der Waals surface area contributed by atoms with E-state index >= 15 is 0 Å². The molecule has 1 aliphatic heterocycles. The van der Waals surface area contributed by atoms with Gasteiger partial charge in [0.25, 0.3) is 11.7 Å². The lowest BCUT2D eigenvalue weighted by atomic mass is 10.0. The second-order valence-corrected chi connectivity index (χ2v) is 6.64. The molecule has 1 aromatic carbocycles. The largest absolute Gasteiger partial charge is 0.327 e. The summed E-state index contributed by atoms with van der Waals surface area (Å²) in [5.74, 6) is -1.77. The molecule has 0 spiro atoms. The third-order valence-electron chi connectivity index (χ3n) is 3.64. The number of amides is 1. The monoisotopic (exact) mass is 315 g/mol. The molecular weight excluding hydrogens is 294 g/mol. The highest BCUT2D eigenvalue weighted by molar-refractivity contribution is 7.99. The van der Waals surface area contributed by atoms with Crippen LogP contribution >= 0.6 is 11.8 Å². The maximum absolute atomic E-state index is 12.2. The number of hydrogen-bond donors (Lipinski definition) is 2. The van der Waals surface area contributed by atoms with Gasteiger partial charge in [0.05, 0.1) is 13.1 Å². The first kappa shape index (κ1) is 16.2. The summed E-state index contributed by atoms with van der Waals surface area (Å²) in [6, 6.07) is 6.53. The molecule has 1 heterocycles. The number of alkyl halides is 2. The normalized spacial score (nSPS) is 22.3. The minimum Gasteiger partial charge on any atom is -0.327 e. The lowest BCUT2D eigenvalue weighted by Crippen LogP contribution is -3.14. The van der Waals surface area contributed by atoms with E-state index < -0.39 is 5.76 Å². The molecule has 0 radical (unpaired) electrons. The molecule has 1 amide bonds. The molecule has 2 atom stereocenters. The van der Waals surface area contributed by atoms with Crippen LogP contribution in [0.4, 0.5) is 14.5 Å². The summed E-state index contributed by atoms with van der Waals surface area (Å²) in [6.45, 7) is 4.77.